The number of nitrogens with one attached hydrogen (secondary N) is 1. The van der Waals surface area contributed by atoms with Crippen LogP contribution >= 0.6 is 11.6 Å². The largest absolute Gasteiger partial charge is 0.496 e. The molecule has 0 amide bonds. The number of aryl methyl sites for hydroxylation is 1. The van der Waals surface area contributed by atoms with Gasteiger partial charge in [0.15, 0.2) is 0 Å². The number of benzene rings is 1. The summed E-state index contributed by atoms with van der Waals surface area (Å²) in [5.74, 6) is 1.55. The van der Waals surface area contributed by atoms with Gasteiger partial charge in [-0.2, -0.15) is 0 Å². The van der Waals surface area contributed by atoms with Crippen molar-refractivity contribution in [2.24, 2.45) is 0 Å². The molecule has 0 saturated carbocycles. The van der Waals surface area contributed by atoms with E-state index < -0.39 is 0 Å². The van der Waals surface area contributed by atoms with Crippen LogP contribution in [0, 0.1) is 6.92 Å². The Morgan fingerprint density at radius 2 is 2.00 bits per heavy atom. The molecule has 0 unspecified atom stereocenters. The number of likely N-dealkylation sites (N-methyl/N-ethyl adjacent to an activating group) is 1. The van der Waals surface area contributed by atoms with Gasteiger partial charge in [0.05, 0.1) is 19.2 Å². The summed E-state index contributed by atoms with van der Waals surface area (Å²) in [5, 5.41) is 3.74. The van der Waals surface area contributed by atoms with E-state index in [1.54, 1.807) is 14.2 Å². The lowest BCUT2D eigenvalue weighted by Gasteiger charge is -2.15. The minimum Gasteiger partial charge on any atom is -0.496 e. The maximum atomic E-state index is 6.30. The lowest BCUT2D eigenvalue weighted by Crippen LogP contribution is -2.11. The first-order valence-corrected chi connectivity index (χ1v) is 5.58. The maximum absolute atomic E-state index is 6.30. The Balaban J connectivity index is 3.20. The zero-order chi connectivity index (χ0) is 12.1. The van der Waals surface area contributed by atoms with Gasteiger partial charge >= 0.3 is 0 Å². The van der Waals surface area contributed by atoms with E-state index in [9.17, 15) is 0 Å². The maximum Gasteiger partial charge on any atom is 0.140 e. The highest BCUT2D eigenvalue weighted by atomic mass is 35.5. The van der Waals surface area contributed by atoms with Crippen molar-refractivity contribution in [3.63, 3.8) is 0 Å². The fourth-order valence-corrected chi connectivity index (χ4v) is 2.10. The van der Waals surface area contributed by atoms with Crippen LogP contribution in [0.4, 0.5) is 0 Å². The SMILES string of the molecule is CNCCc1c(OC)cc(C)c(OC)c1Cl. The predicted octanol–water partition coefficient (Wildman–Crippen LogP) is 2.43. The highest BCUT2D eigenvalue weighted by Gasteiger charge is 2.15. The van der Waals surface area contributed by atoms with Crippen LogP contribution in [0.3, 0.4) is 0 Å². The van der Waals surface area contributed by atoms with Crippen molar-refractivity contribution in [3.05, 3.63) is 22.2 Å². The van der Waals surface area contributed by atoms with E-state index in [-0.39, 0.29) is 0 Å². The lowest BCUT2D eigenvalue weighted by atomic mass is 10.1. The van der Waals surface area contributed by atoms with Crippen LogP contribution < -0.4 is 14.8 Å². The van der Waals surface area contributed by atoms with E-state index in [0.717, 1.165) is 35.6 Å². The predicted molar refractivity (Wildman–Crippen MR) is 66.9 cm³/mol. The molecule has 16 heavy (non-hydrogen) atoms. The molecule has 1 aromatic rings. The van der Waals surface area contributed by atoms with E-state index in [2.05, 4.69) is 5.32 Å². The van der Waals surface area contributed by atoms with E-state index in [4.69, 9.17) is 21.1 Å². The second-order valence-corrected chi connectivity index (χ2v) is 3.95. The molecular weight excluding hydrogens is 226 g/mol. The molecular formula is C12H18ClNO2. The first-order chi connectivity index (χ1) is 7.65. The summed E-state index contributed by atoms with van der Waals surface area (Å²) in [4.78, 5) is 0. The summed E-state index contributed by atoms with van der Waals surface area (Å²) in [6, 6.07) is 1.95. The van der Waals surface area contributed by atoms with E-state index in [0.29, 0.717) is 5.02 Å². The molecule has 4 heteroatoms. The molecule has 90 valence electrons. The Labute approximate surface area is 102 Å². The van der Waals surface area contributed by atoms with Crippen LogP contribution in [0.5, 0.6) is 11.5 Å². The summed E-state index contributed by atoms with van der Waals surface area (Å²) < 4.78 is 10.6. The molecule has 0 radical (unpaired) electrons. The number of hydrogen-bond acceptors (Lipinski definition) is 3. The molecule has 0 atom stereocenters. The van der Waals surface area contributed by atoms with Crippen molar-refractivity contribution in [2.75, 3.05) is 27.8 Å². The molecule has 1 aromatic carbocycles. The Morgan fingerprint density at radius 3 is 2.50 bits per heavy atom. The van der Waals surface area contributed by atoms with Gasteiger partial charge in [-0.05, 0) is 38.6 Å². The number of methoxy groups -OCH3 is 2. The van der Waals surface area contributed by atoms with E-state index in [1.165, 1.54) is 0 Å². The molecule has 0 spiro atoms. The minimum absolute atomic E-state index is 0.648. The van der Waals surface area contributed by atoms with Gasteiger partial charge in [-0.1, -0.05) is 11.6 Å². The van der Waals surface area contributed by atoms with Gasteiger partial charge in [-0.15, -0.1) is 0 Å². The average molecular weight is 244 g/mol. The van der Waals surface area contributed by atoms with Crippen LogP contribution in [-0.4, -0.2) is 27.8 Å². The fourth-order valence-electron chi connectivity index (χ4n) is 1.68. The van der Waals surface area contributed by atoms with Gasteiger partial charge in [-0.25, -0.2) is 0 Å². The van der Waals surface area contributed by atoms with Gasteiger partial charge in [-0.3, -0.25) is 0 Å². The van der Waals surface area contributed by atoms with Gasteiger partial charge in [0.1, 0.15) is 11.5 Å². The molecule has 0 aliphatic heterocycles. The Bertz CT molecular complexity index is 367. The van der Waals surface area contributed by atoms with Gasteiger partial charge in [0.25, 0.3) is 0 Å². The molecule has 0 aliphatic rings. The van der Waals surface area contributed by atoms with Gasteiger partial charge in [0.2, 0.25) is 0 Å². The molecule has 1 rings (SSSR count). The van der Waals surface area contributed by atoms with Crippen LogP contribution in [0.15, 0.2) is 6.07 Å². The molecule has 0 aromatic heterocycles. The second-order valence-electron chi connectivity index (χ2n) is 3.58. The minimum atomic E-state index is 0.648. The number of rotatable bonds is 5. The normalized spacial score (nSPS) is 10.3. The monoisotopic (exact) mass is 243 g/mol. The van der Waals surface area contributed by atoms with Gasteiger partial charge in [0, 0.05) is 5.56 Å². The smallest absolute Gasteiger partial charge is 0.140 e. The third-order valence-electron chi connectivity index (χ3n) is 2.52. The third-order valence-corrected chi connectivity index (χ3v) is 2.92. The summed E-state index contributed by atoms with van der Waals surface area (Å²) in [5.41, 5.74) is 1.97. The van der Waals surface area contributed by atoms with Crippen LogP contribution in [0.2, 0.25) is 5.02 Å². The van der Waals surface area contributed by atoms with E-state index in [1.807, 2.05) is 20.0 Å². The van der Waals surface area contributed by atoms with E-state index >= 15 is 0 Å². The van der Waals surface area contributed by atoms with Crippen LogP contribution in [0.25, 0.3) is 0 Å². The van der Waals surface area contributed by atoms with Crippen LogP contribution in [0.1, 0.15) is 11.1 Å². The van der Waals surface area contributed by atoms with Gasteiger partial charge < -0.3 is 14.8 Å². The van der Waals surface area contributed by atoms with Crippen molar-refractivity contribution in [1.82, 2.24) is 5.32 Å². The molecule has 0 bridgehead atoms. The Morgan fingerprint density at radius 1 is 1.31 bits per heavy atom. The lowest BCUT2D eigenvalue weighted by molar-refractivity contribution is 0.396. The summed E-state index contributed by atoms with van der Waals surface area (Å²) in [6.45, 7) is 2.80. The second kappa shape index (κ2) is 5.97. The zero-order valence-corrected chi connectivity index (χ0v) is 10.9. The molecule has 0 heterocycles. The number of halogens is 1. The number of ether oxygens (including phenoxy) is 2. The van der Waals surface area contributed by atoms with Crippen molar-refractivity contribution in [3.8, 4) is 11.5 Å². The van der Waals surface area contributed by atoms with Crippen molar-refractivity contribution in [2.45, 2.75) is 13.3 Å². The topological polar surface area (TPSA) is 30.5 Å². The first-order valence-electron chi connectivity index (χ1n) is 5.20. The quantitative estimate of drug-likeness (QED) is 0.862. The summed E-state index contributed by atoms with van der Waals surface area (Å²) in [6.07, 6.45) is 0.815. The van der Waals surface area contributed by atoms with Crippen LogP contribution in [-0.2, 0) is 6.42 Å². The zero-order valence-electron chi connectivity index (χ0n) is 10.2. The summed E-state index contributed by atoms with van der Waals surface area (Å²) >= 11 is 6.30. The van der Waals surface area contributed by atoms with Crippen molar-refractivity contribution >= 4 is 11.6 Å². The molecule has 3 nitrogen and oxygen atoms in total. The fraction of sp³-hybridized carbons (Fsp3) is 0.500. The first kappa shape index (κ1) is 13.1. The highest BCUT2D eigenvalue weighted by Crippen LogP contribution is 2.37. The van der Waals surface area contributed by atoms with Crippen molar-refractivity contribution < 1.29 is 9.47 Å². The van der Waals surface area contributed by atoms with Crippen molar-refractivity contribution in [1.29, 1.82) is 0 Å². The Hall–Kier alpha value is -0.930. The average Bonchev–Trinajstić information content (AvgIpc) is 2.28. The molecule has 1 N–H and O–H groups in total. The molecule has 0 fully saturated rings. The molecule has 0 aliphatic carbocycles. The third kappa shape index (κ3) is 2.60. The Kier molecular flexibility index (Phi) is 4.90. The number of hydrogen-bond donors (Lipinski definition) is 1. The highest BCUT2D eigenvalue weighted by molar-refractivity contribution is 6.33. The molecule has 0 saturated heterocycles. The summed E-state index contributed by atoms with van der Waals surface area (Å²) in [7, 11) is 5.19. The standard InChI is InChI=1S/C12H18ClNO2/c1-8-7-10(15-3)9(5-6-14-2)11(13)12(8)16-4/h7,14H,5-6H2,1-4H3.